The zero-order chi connectivity index (χ0) is 14.7. The van der Waals surface area contributed by atoms with Crippen LogP contribution in [0.3, 0.4) is 0 Å². The van der Waals surface area contributed by atoms with Gasteiger partial charge in [-0.1, -0.05) is 37.0 Å². The minimum absolute atomic E-state index is 0.508. The van der Waals surface area contributed by atoms with Crippen LogP contribution in [0.2, 0.25) is 10.0 Å². The molecule has 1 unspecified atom stereocenters. The van der Waals surface area contributed by atoms with Crippen molar-refractivity contribution in [3.05, 3.63) is 28.1 Å². The van der Waals surface area contributed by atoms with Crippen LogP contribution in [0.1, 0.15) is 32.6 Å². The third-order valence-corrected chi connectivity index (χ3v) is 4.16. The van der Waals surface area contributed by atoms with Crippen molar-refractivity contribution < 1.29 is 4.42 Å². The van der Waals surface area contributed by atoms with E-state index >= 15 is 0 Å². The van der Waals surface area contributed by atoms with Gasteiger partial charge in [-0.2, -0.15) is 0 Å². The predicted molar refractivity (Wildman–Crippen MR) is 84.3 cm³/mol. The van der Waals surface area contributed by atoms with Gasteiger partial charge in [-0.15, -0.1) is 0 Å². The second-order valence-corrected chi connectivity index (χ2v) is 6.31. The average molecular weight is 315 g/mol. The highest BCUT2D eigenvalue weighted by atomic mass is 35.5. The second-order valence-electron chi connectivity index (χ2n) is 5.46. The fraction of sp³-hybridized carbons (Fsp3) is 0.533. The highest BCUT2D eigenvalue weighted by molar-refractivity contribution is 6.37. The number of fused-ring (bicyclic) bond motifs is 1. The summed E-state index contributed by atoms with van der Waals surface area (Å²) in [4.78, 5) is 4.46. The molecule has 1 atom stereocenters. The summed E-state index contributed by atoms with van der Waals surface area (Å²) in [6.07, 6.45) is 2.85. The van der Waals surface area contributed by atoms with Crippen molar-refractivity contribution in [1.29, 1.82) is 0 Å². The van der Waals surface area contributed by atoms with Gasteiger partial charge >= 0.3 is 0 Å². The Morgan fingerprint density at radius 3 is 2.65 bits per heavy atom. The molecule has 2 rings (SSSR count). The van der Waals surface area contributed by atoms with E-state index in [1.54, 1.807) is 12.1 Å². The van der Waals surface area contributed by atoms with E-state index in [2.05, 4.69) is 18.8 Å². The lowest BCUT2D eigenvalue weighted by Crippen LogP contribution is -2.15. The number of benzene rings is 1. The number of nitrogens with two attached hydrogens (primary N) is 1. The molecule has 0 bridgehead atoms. The molecule has 0 aliphatic rings. The van der Waals surface area contributed by atoms with Gasteiger partial charge < -0.3 is 10.2 Å². The zero-order valence-corrected chi connectivity index (χ0v) is 13.3. The van der Waals surface area contributed by atoms with Crippen molar-refractivity contribution in [2.24, 2.45) is 17.6 Å². The number of hydrogen-bond acceptors (Lipinski definition) is 3. The summed E-state index contributed by atoms with van der Waals surface area (Å²) in [5.41, 5.74) is 7.00. The lowest BCUT2D eigenvalue weighted by Gasteiger charge is -2.18. The third-order valence-electron chi connectivity index (χ3n) is 3.66. The molecule has 0 amide bonds. The van der Waals surface area contributed by atoms with Gasteiger partial charge in [-0.3, -0.25) is 0 Å². The molecule has 3 nitrogen and oxygen atoms in total. The maximum atomic E-state index is 6.10. The molecule has 1 aromatic heterocycles. The van der Waals surface area contributed by atoms with Crippen LogP contribution in [-0.2, 0) is 6.42 Å². The Morgan fingerprint density at radius 2 is 2.00 bits per heavy atom. The normalized spacial score (nSPS) is 13.3. The number of halogens is 2. The van der Waals surface area contributed by atoms with E-state index < -0.39 is 0 Å². The largest absolute Gasteiger partial charge is 0.439 e. The fourth-order valence-corrected chi connectivity index (χ4v) is 2.97. The molecule has 0 saturated carbocycles. The van der Waals surface area contributed by atoms with Crippen LogP contribution in [0, 0.1) is 11.8 Å². The average Bonchev–Trinajstić information content (AvgIpc) is 2.77. The Hall–Kier alpha value is -0.770. The van der Waals surface area contributed by atoms with Gasteiger partial charge in [0.05, 0.1) is 5.02 Å². The van der Waals surface area contributed by atoms with Crippen molar-refractivity contribution in [3.63, 3.8) is 0 Å². The molecule has 0 saturated heterocycles. The Bertz CT molecular complexity index is 581. The molecule has 1 heterocycles. The van der Waals surface area contributed by atoms with Crippen molar-refractivity contribution in [3.8, 4) is 0 Å². The lowest BCUT2D eigenvalue weighted by molar-refractivity contribution is 0.330. The molecular formula is C15H20Cl2N2O. The van der Waals surface area contributed by atoms with E-state index in [9.17, 15) is 0 Å². The Balaban J connectivity index is 2.12. The zero-order valence-electron chi connectivity index (χ0n) is 11.8. The van der Waals surface area contributed by atoms with Gasteiger partial charge in [-0.05, 0) is 43.4 Å². The van der Waals surface area contributed by atoms with Gasteiger partial charge in [0.25, 0.3) is 0 Å². The SMILES string of the molecule is CC(C)C(CCN)CCc1nc2cc(Cl)cc(Cl)c2o1. The number of aromatic nitrogens is 1. The minimum atomic E-state index is 0.508. The second kappa shape index (κ2) is 6.79. The van der Waals surface area contributed by atoms with Crippen LogP contribution >= 0.6 is 23.2 Å². The first-order valence-electron chi connectivity index (χ1n) is 6.95. The molecule has 2 N–H and O–H groups in total. The van der Waals surface area contributed by atoms with Gasteiger partial charge in [0.15, 0.2) is 11.5 Å². The molecule has 5 heteroatoms. The number of oxazole rings is 1. The molecule has 2 aromatic rings. The Morgan fingerprint density at radius 1 is 1.25 bits per heavy atom. The van der Waals surface area contributed by atoms with E-state index in [-0.39, 0.29) is 0 Å². The van der Waals surface area contributed by atoms with Gasteiger partial charge in [0.2, 0.25) is 0 Å². The molecule has 0 aliphatic heterocycles. The van der Waals surface area contributed by atoms with E-state index in [0.29, 0.717) is 33.4 Å². The minimum Gasteiger partial charge on any atom is -0.439 e. The summed E-state index contributed by atoms with van der Waals surface area (Å²) < 4.78 is 5.73. The van der Waals surface area contributed by atoms with Crippen LogP contribution in [0.5, 0.6) is 0 Å². The van der Waals surface area contributed by atoms with Crippen LogP contribution < -0.4 is 5.73 Å². The molecule has 0 fully saturated rings. The summed E-state index contributed by atoms with van der Waals surface area (Å²) in [5, 5.41) is 1.08. The maximum Gasteiger partial charge on any atom is 0.195 e. The van der Waals surface area contributed by atoms with E-state index in [1.165, 1.54) is 0 Å². The van der Waals surface area contributed by atoms with E-state index in [1.807, 2.05) is 0 Å². The molecule has 1 aromatic carbocycles. The van der Waals surface area contributed by atoms with Crippen molar-refractivity contribution in [1.82, 2.24) is 4.98 Å². The smallest absolute Gasteiger partial charge is 0.195 e. The van der Waals surface area contributed by atoms with Crippen molar-refractivity contribution >= 4 is 34.3 Å². The molecule has 0 spiro atoms. The van der Waals surface area contributed by atoms with Crippen molar-refractivity contribution in [2.45, 2.75) is 33.1 Å². The topological polar surface area (TPSA) is 52.0 Å². The van der Waals surface area contributed by atoms with Crippen LogP contribution in [0.4, 0.5) is 0 Å². The Kier molecular flexibility index (Phi) is 5.30. The molecular weight excluding hydrogens is 295 g/mol. The summed E-state index contributed by atoms with van der Waals surface area (Å²) >= 11 is 12.1. The molecule has 0 radical (unpaired) electrons. The quantitative estimate of drug-likeness (QED) is 0.841. The highest BCUT2D eigenvalue weighted by Gasteiger charge is 2.15. The van der Waals surface area contributed by atoms with Gasteiger partial charge in [0.1, 0.15) is 5.52 Å². The number of aryl methyl sites for hydroxylation is 1. The van der Waals surface area contributed by atoms with Crippen LogP contribution in [0.15, 0.2) is 16.5 Å². The molecule has 110 valence electrons. The number of rotatable bonds is 6. The predicted octanol–water partition coefficient (Wildman–Crippen LogP) is 4.69. The van der Waals surface area contributed by atoms with Crippen molar-refractivity contribution in [2.75, 3.05) is 6.54 Å². The number of hydrogen-bond donors (Lipinski definition) is 1. The number of nitrogens with zero attached hydrogens (tertiary/aromatic N) is 1. The van der Waals surface area contributed by atoms with Gasteiger partial charge in [-0.25, -0.2) is 4.98 Å². The monoisotopic (exact) mass is 314 g/mol. The molecule has 20 heavy (non-hydrogen) atoms. The first-order chi connectivity index (χ1) is 9.51. The van der Waals surface area contributed by atoms with Crippen LogP contribution in [-0.4, -0.2) is 11.5 Å². The van der Waals surface area contributed by atoms with Crippen LogP contribution in [0.25, 0.3) is 11.1 Å². The standard InChI is InChI=1S/C15H20Cl2N2O/c1-9(2)10(5-6-18)3-4-14-19-13-8-11(16)7-12(17)15(13)20-14/h7-10H,3-6,18H2,1-2H3. The summed E-state index contributed by atoms with van der Waals surface area (Å²) in [6.45, 7) is 5.17. The first-order valence-corrected chi connectivity index (χ1v) is 7.71. The molecule has 0 aliphatic carbocycles. The maximum absolute atomic E-state index is 6.10. The van der Waals surface area contributed by atoms with E-state index in [0.717, 1.165) is 31.3 Å². The fourth-order valence-electron chi connectivity index (χ4n) is 2.45. The summed E-state index contributed by atoms with van der Waals surface area (Å²) in [6, 6.07) is 3.45. The summed E-state index contributed by atoms with van der Waals surface area (Å²) in [7, 11) is 0. The third kappa shape index (κ3) is 3.66. The summed E-state index contributed by atoms with van der Waals surface area (Å²) in [5.74, 6) is 1.92. The van der Waals surface area contributed by atoms with Gasteiger partial charge in [0, 0.05) is 11.4 Å². The Labute approximate surface area is 129 Å². The van der Waals surface area contributed by atoms with E-state index in [4.69, 9.17) is 33.4 Å². The lowest BCUT2D eigenvalue weighted by atomic mass is 9.88. The first kappa shape index (κ1) is 15.6. The highest BCUT2D eigenvalue weighted by Crippen LogP contribution is 2.29.